The number of esters is 1. The molecule has 3 heteroatoms. The normalized spacial score (nSPS) is 48.5. The van der Waals surface area contributed by atoms with Crippen LogP contribution < -0.4 is 5.32 Å². The summed E-state index contributed by atoms with van der Waals surface area (Å²) in [7, 11) is 0. The Bertz CT molecular complexity index is 240. The Hall–Kier alpha value is -0.570. The third kappa shape index (κ3) is 1.05. The summed E-state index contributed by atoms with van der Waals surface area (Å²) in [6.07, 6.45) is 2.58. The molecular weight excluding hydrogens is 178 g/mol. The van der Waals surface area contributed by atoms with Crippen LogP contribution in [0.5, 0.6) is 0 Å². The summed E-state index contributed by atoms with van der Waals surface area (Å²) in [5, 5.41) is 3.53. The summed E-state index contributed by atoms with van der Waals surface area (Å²) in [4.78, 5) is 11.6. The maximum atomic E-state index is 11.6. The van der Waals surface area contributed by atoms with Crippen LogP contribution in [0.4, 0.5) is 0 Å². The molecule has 2 aliphatic carbocycles. The third-order valence-electron chi connectivity index (χ3n) is 4.19. The molecule has 2 saturated carbocycles. The van der Waals surface area contributed by atoms with Gasteiger partial charge in [-0.2, -0.15) is 0 Å². The zero-order chi connectivity index (χ0) is 9.71. The summed E-state index contributed by atoms with van der Waals surface area (Å²) in [5.74, 6) is 2.32. The lowest BCUT2D eigenvalue weighted by atomic mass is 9.82. The molecule has 2 aliphatic heterocycles. The minimum absolute atomic E-state index is 0.0584. The lowest BCUT2D eigenvalue weighted by Crippen LogP contribution is -2.46. The van der Waals surface area contributed by atoms with E-state index < -0.39 is 0 Å². The van der Waals surface area contributed by atoms with Crippen LogP contribution in [0, 0.1) is 23.7 Å². The molecule has 0 aromatic carbocycles. The number of hydrogen-bond acceptors (Lipinski definition) is 3. The Balaban J connectivity index is 1.72. The molecule has 5 unspecified atom stereocenters. The maximum Gasteiger partial charge on any atom is 0.309 e. The van der Waals surface area contributed by atoms with E-state index in [1.54, 1.807) is 0 Å². The predicted molar refractivity (Wildman–Crippen MR) is 51.6 cm³/mol. The van der Waals surface area contributed by atoms with Gasteiger partial charge in [0.15, 0.2) is 0 Å². The average Bonchev–Trinajstić information content (AvgIpc) is 2.96. The highest BCUT2D eigenvalue weighted by Gasteiger charge is 2.65. The van der Waals surface area contributed by atoms with Gasteiger partial charge in [-0.15, -0.1) is 0 Å². The van der Waals surface area contributed by atoms with Crippen molar-refractivity contribution in [3.63, 3.8) is 0 Å². The maximum absolute atomic E-state index is 11.6. The van der Waals surface area contributed by atoms with Crippen LogP contribution in [0.3, 0.4) is 0 Å². The molecule has 2 heterocycles. The Morgan fingerprint density at radius 2 is 2.29 bits per heavy atom. The van der Waals surface area contributed by atoms with Crippen molar-refractivity contribution in [1.29, 1.82) is 0 Å². The first-order valence-corrected chi connectivity index (χ1v) is 5.73. The van der Waals surface area contributed by atoms with Crippen LogP contribution >= 0.6 is 0 Å². The van der Waals surface area contributed by atoms with Gasteiger partial charge in [-0.05, 0) is 44.1 Å². The number of fused-ring (bicyclic) bond motifs is 2. The van der Waals surface area contributed by atoms with Crippen molar-refractivity contribution >= 4 is 5.97 Å². The predicted octanol–water partition coefficient (Wildman–Crippen LogP) is 0.793. The summed E-state index contributed by atoms with van der Waals surface area (Å²) >= 11 is 0. The number of hydrogen-bond donors (Lipinski definition) is 1. The Labute approximate surface area is 84.2 Å². The van der Waals surface area contributed by atoms with E-state index in [4.69, 9.17) is 4.74 Å². The first-order valence-electron chi connectivity index (χ1n) is 5.73. The van der Waals surface area contributed by atoms with Crippen LogP contribution in [-0.2, 0) is 9.53 Å². The van der Waals surface area contributed by atoms with Crippen molar-refractivity contribution in [1.82, 2.24) is 5.32 Å². The van der Waals surface area contributed by atoms with Crippen LogP contribution in [0.1, 0.15) is 19.8 Å². The van der Waals surface area contributed by atoms with E-state index >= 15 is 0 Å². The molecule has 78 valence electrons. The second-order valence-electron chi connectivity index (χ2n) is 4.78. The summed E-state index contributed by atoms with van der Waals surface area (Å²) in [6.45, 7) is 3.54. The second-order valence-corrected chi connectivity index (χ2v) is 4.78. The van der Waals surface area contributed by atoms with Gasteiger partial charge in [0, 0.05) is 6.04 Å². The number of rotatable bonds is 2. The zero-order valence-corrected chi connectivity index (χ0v) is 8.53. The number of piperidine rings is 2. The molecular formula is C11H17NO2. The quantitative estimate of drug-likeness (QED) is 0.662. The highest BCUT2D eigenvalue weighted by molar-refractivity contribution is 5.77. The van der Waals surface area contributed by atoms with Crippen molar-refractivity contribution in [2.75, 3.05) is 13.2 Å². The van der Waals surface area contributed by atoms with Gasteiger partial charge in [0.25, 0.3) is 0 Å². The molecule has 0 radical (unpaired) electrons. The Kier molecular flexibility index (Phi) is 1.84. The lowest BCUT2D eigenvalue weighted by molar-refractivity contribution is -0.145. The fraction of sp³-hybridized carbons (Fsp3) is 0.909. The van der Waals surface area contributed by atoms with Gasteiger partial charge in [-0.25, -0.2) is 0 Å². The van der Waals surface area contributed by atoms with Crippen molar-refractivity contribution in [3.05, 3.63) is 0 Å². The van der Waals surface area contributed by atoms with Crippen molar-refractivity contribution < 1.29 is 9.53 Å². The minimum Gasteiger partial charge on any atom is -0.466 e. The van der Waals surface area contributed by atoms with Crippen molar-refractivity contribution in [3.8, 4) is 0 Å². The largest absolute Gasteiger partial charge is 0.466 e. The minimum atomic E-state index is 0.0584. The van der Waals surface area contributed by atoms with Crippen LogP contribution in [-0.4, -0.2) is 25.2 Å². The molecule has 0 amide bonds. The fourth-order valence-electron chi connectivity index (χ4n) is 3.60. The van der Waals surface area contributed by atoms with Gasteiger partial charge in [-0.3, -0.25) is 4.79 Å². The Morgan fingerprint density at radius 3 is 2.79 bits per heavy atom. The molecule has 2 bridgehead atoms. The average molecular weight is 195 g/mol. The van der Waals surface area contributed by atoms with Crippen LogP contribution in [0.25, 0.3) is 0 Å². The molecule has 1 N–H and O–H groups in total. The number of nitrogens with one attached hydrogen (secondary N) is 1. The van der Waals surface area contributed by atoms with E-state index in [9.17, 15) is 4.79 Å². The molecule has 4 fully saturated rings. The molecule has 0 aromatic heterocycles. The zero-order valence-electron chi connectivity index (χ0n) is 8.53. The SMILES string of the molecule is CCOC(=O)C1C2C3CCC(NC3)C12. The van der Waals surface area contributed by atoms with E-state index in [0.29, 0.717) is 24.5 Å². The van der Waals surface area contributed by atoms with Crippen molar-refractivity contribution in [2.24, 2.45) is 23.7 Å². The van der Waals surface area contributed by atoms with Crippen molar-refractivity contribution in [2.45, 2.75) is 25.8 Å². The van der Waals surface area contributed by atoms with E-state index in [2.05, 4.69) is 5.32 Å². The van der Waals surface area contributed by atoms with Gasteiger partial charge in [0.1, 0.15) is 0 Å². The molecule has 4 rings (SSSR count). The van der Waals surface area contributed by atoms with E-state index in [1.807, 2.05) is 6.92 Å². The molecule has 3 nitrogen and oxygen atoms in total. The molecule has 14 heavy (non-hydrogen) atoms. The summed E-state index contributed by atoms with van der Waals surface area (Å²) < 4.78 is 5.12. The smallest absolute Gasteiger partial charge is 0.309 e. The first kappa shape index (κ1) is 8.72. The highest BCUT2D eigenvalue weighted by atomic mass is 16.5. The number of carbonyl (C=O) groups excluding carboxylic acids is 1. The van der Waals surface area contributed by atoms with Gasteiger partial charge >= 0.3 is 5.97 Å². The molecule has 0 spiro atoms. The number of ether oxygens (including phenoxy) is 1. The summed E-state index contributed by atoms with van der Waals surface area (Å²) in [5.41, 5.74) is 0. The van der Waals surface area contributed by atoms with E-state index in [0.717, 1.165) is 12.5 Å². The van der Waals surface area contributed by atoms with E-state index in [1.165, 1.54) is 12.8 Å². The second kappa shape index (κ2) is 2.96. The van der Waals surface area contributed by atoms with Crippen LogP contribution in [0.2, 0.25) is 0 Å². The van der Waals surface area contributed by atoms with Gasteiger partial charge in [0.05, 0.1) is 12.5 Å². The molecule has 4 aliphatic rings. The van der Waals surface area contributed by atoms with Crippen LogP contribution in [0.15, 0.2) is 0 Å². The standard InChI is InChI=1S/C11H17NO2/c1-2-14-11(13)10-8-6-3-4-7(9(8)10)12-5-6/h6-10,12H,2-5H2,1H3. The molecule has 0 aromatic rings. The highest BCUT2D eigenvalue weighted by Crippen LogP contribution is 2.60. The monoisotopic (exact) mass is 195 g/mol. The third-order valence-corrected chi connectivity index (χ3v) is 4.19. The van der Waals surface area contributed by atoms with Gasteiger partial charge in [0.2, 0.25) is 0 Å². The number of carbonyl (C=O) groups is 1. The first-order chi connectivity index (χ1) is 6.83. The molecule has 5 atom stereocenters. The van der Waals surface area contributed by atoms with E-state index in [-0.39, 0.29) is 11.9 Å². The lowest BCUT2D eigenvalue weighted by Gasteiger charge is -2.35. The van der Waals surface area contributed by atoms with Gasteiger partial charge in [-0.1, -0.05) is 0 Å². The molecule has 2 saturated heterocycles. The fourth-order valence-corrected chi connectivity index (χ4v) is 3.60. The Morgan fingerprint density at radius 1 is 1.43 bits per heavy atom. The van der Waals surface area contributed by atoms with Gasteiger partial charge < -0.3 is 10.1 Å². The summed E-state index contributed by atoms with van der Waals surface area (Å²) in [6, 6.07) is 0.611. The topological polar surface area (TPSA) is 38.3 Å².